The normalized spacial score (nSPS) is 14.1. The first-order chi connectivity index (χ1) is 28.7. The van der Waals surface area contributed by atoms with Crippen molar-refractivity contribution in [3.63, 3.8) is 0 Å². The number of benzene rings is 9. The van der Waals surface area contributed by atoms with E-state index in [1.807, 2.05) is 0 Å². The molecule has 0 aromatic heterocycles. The van der Waals surface area contributed by atoms with Gasteiger partial charge in [-0.25, -0.2) is 0 Å². The van der Waals surface area contributed by atoms with Crippen molar-refractivity contribution in [1.29, 1.82) is 0 Å². The standard InChI is InChI=1S/C56H38N2/c1-4-14-38(15-5-1)39-32-34-56(35-33-39,57(42-20-6-2-7-21-42)44-28-30-46-48-24-10-16-40-18-12-26-50(54(40)48)52(46)36-44)58(43-22-8-3-9-23-43)45-29-31-47-49-25-11-17-41-19-13-27-51(55(41)49)53(47)37-45/h1-37,39H. The van der Waals surface area contributed by atoms with Crippen molar-refractivity contribution in [1.82, 2.24) is 0 Å². The molecule has 0 spiro atoms. The number of para-hydroxylation sites is 2. The number of nitrogens with zero attached hydrogens (tertiary/aromatic N) is 2. The van der Waals surface area contributed by atoms with Crippen molar-refractivity contribution >= 4 is 44.3 Å². The van der Waals surface area contributed by atoms with E-state index >= 15 is 0 Å². The van der Waals surface area contributed by atoms with Crippen LogP contribution in [0.2, 0.25) is 0 Å². The van der Waals surface area contributed by atoms with Gasteiger partial charge in [0.05, 0.1) is 0 Å². The lowest BCUT2D eigenvalue weighted by Gasteiger charge is -2.51. The Kier molecular flexibility index (Phi) is 7.24. The SMILES string of the molecule is C1=CC(N(c2ccccc2)c2ccc3c(c2)-c2cccc4cccc-3c24)(N(c2ccccc2)c2ccc3c(c2)-c2cccc4cccc-3c24)C=CC1c1ccccc1. The molecule has 3 aliphatic rings. The minimum Gasteiger partial charge on any atom is -0.311 e. The van der Waals surface area contributed by atoms with Gasteiger partial charge in [0.15, 0.2) is 5.66 Å². The van der Waals surface area contributed by atoms with Gasteiger partial charge in [-0.15, -0.1) is 0 Å². The quantitative estimate of drug-likeness (QED) is 0.119. The highest BCUT2D eigenvalue weighted by Gasteiger charge is 2.43. The van der Waals surface area contributed by atoms with Crippen molar-refractivity contribution in [2.45, 2.75) is 11.6 Å². The van der Waals surface area contributed by atoms with Crippen molar-refractivity contribution in [3.8, 4) is 44.5 Å². The van der Waals surface area contributed by atoms with Gasteiger partial charge >= 0.3 is 0 Å². The van der Waals surface area contributed by atoms with Crippen LogP contribution in [0.15, 0.2) is 224 Å². The van der Waals surface area contributed by atoms with Gasteiger partial charge in [0.1, 0.15) is 0 Å². The highest BCUT2D eigenvalue weighted by molar-refractivity contribution is 6.17. The minimum absolute atomic E-state index is 0.129. The molecule has 272 valence electrons. The van der Waals surface area contributed by atoms with Crippen LogP contribution in [0.4, 0.5) is 22.7 Å². The third-order valence-corrected chi connectivity index (χ3v) is 12.5. The molecule has 0 amide bonds. The van der Waals surface area contributed by atoms with Gasteiger partial charge in [-0.05, 0) is 132 Å². The third kappa shape index (κ3) is 4.85. The average molecular weight is 739 g/mol. The zero-order valence-electron chi connectivity index (χ0n) is 31.8. The lowest BCUT2D eigenvalue weighted by atomic mass is 9.87. The molecule has 0 N–H and O–H groups in total. The molecule has 9 aromatic carbocycles. The first-order valence-corrected chi connectivity index (χ1v) is 20.2. The molecule has 9 aromatic rings. The van der Waals surface area contributed by atoms with E-state index in [2.05, 4.69) is 234 Å². The van der Waals surface area contributed by atoms with Crippen molar-refractivity contribution in [2.24, 2.45) is 0 Å². The number of allylic oxidation sites excluding steroid dienone is 2. The van der Waals surface area contributed by atoms with Crippen LogP contribution in [0.25, 0.3) is 66.1 Å². The second-order valence-corrected chi connectivity index (χ2v) is 15.7. The number of anilines is 4. The summed E-state index contributed by atoms with van der Waals surface area (Å²) in [5, 5.41) is 5.22. The highest BCUT2D eigenvalue weighted by atomic mass is 15.4. The molecule has 0 unspecified atom stereocenters. The summed E-state index contributed by atoms with van der Waals surface area (Å²) in [6.07, 6.45) is 9.68. The average Bonchev–Trinajstić information content (AvgIpc) is 3.79. The van der Waals surface area contributed by atoms with Crippen LogP contribution in [0.5, 0.6) is 0 Å². The molecule has 0 fully saturated rings. The summed E-state index contributed by atoms with van der Waals surface area (Å²) in [6, 6.07) is 73.6. The van der Waals surface area contributed by atoms with Crippen LogP contribution in [0.1, 0.15) is 11.5 Å². The van der Waals surface area contributed by atoms with Gasteiger partial charge in [0, 0.05) is 28.7 Å². The fourth-order valence-electron chi connectivity index (χ4n) is 10.0. The highest BCUT2D eigenvalue weighted by Crippen LogP contribution is 2.53. The first-order valence-electron chi connectivity index (χ1n) is 20.2. The van der Waals surface area contributed by atoms with E-state index in [0.29, 0.717) is 0 Å². The molecule has 0 bridgehead atoms. The number of rotatable bonds is 7. The van der Waals surface area contributed by atoms with Crippen LogP contribution >= 0.6 is 0 Å². The van der Waals surface area contributed by atoms with Gasteiger partial charge in [-0.1, -0.05) is 164 Å². The van der Waals surface area contributed by atoms with E-state index in [-0.39, 0.29) is 5.92 Å². The third-order valence-electron chi connectivity index (χ3n) is 12.5. The van der Waals surface area contributed by atoms with Crippen LogP contribution in [-0.2, 0) is 0 Å². The lowest BCUT2D eigenvalue weighted by molar-refractivity contribution is 0.626. The Morgan fingerprint density at radius 1 is 0.310 bits per heavy atom. The molecule has 0 heterocycles. The molecular weight excluding hydrogens is 701 g/mol. The lowest BCUT2D eigenvalue weighted by Crippen LogP contribution is -2.56. The summed E-state index contributed by atoms with van der Waals surface area (Å²) in [6.45, 7) is 0. The van der Waals surface area contributed by atoms with E-state index in [1.54, 1.807) is 0 Å². The van der Waals surface area contributed by atoms with Crippen LogP contribution < -0.4 is 9.80 Å². The van der Waals surface area contributed by atoms with Crippen molar-refractivity contribution in [3.05, 3.63) is 230 Å². The molecule has 2 nitrogen and oxygen atoms in total. The molecule has 0 aliphatic heterocycles. The van der Waals surface area contributed by atoms with E-state index in [0.717, 1.165) is 22.7 Å². The number of hydrogen-bond acceptors (Lipinski definition) is 2. The maximum atomic E-state index is 2.54. The Morgan fingerprint density at radius 2 is 0.707 bits per heavy atom. The zero-order valence-corrected chi connectivity index (χ0v) is 31.8. The Balaban J connectivity index is 1.12. The topological polar surface area (TPSA) is 6.48 Å². The number of hydrogen-bond donors (Lipinski definition) is 0. The second-order valence-electron chi connectivity index (χ2n) is 15.7. The Morgan fingerprint density at radius 3 is 1.14 bits per heavy atom. The van der Waals surface area contributed by atoms with E-state index in [1.165, 1.54) is 71.6 Å². The predicted octanol–water partition coefficient (Wildman–Crippen LogP) is 14.9. The van der Waals surface area contributed by atoms with E-state index in [4.69, 9.17) is 0 Å². The molecule has 12 rings (SSSR count). The summed E-state index contributed by atoms with van der Waals surface area (Å²) >= 11 is 0. The molecule has 2 heteroatoms. The summed E-state index contributed by atoms with van der Waals surface area (Å²) in [5.74, 6) is 0.129. The van der Waals surface area contributed by atoms with Crippen molar-refractivity contribution in [2.75, 3.05) is 9.80 Å². The Bertz CT molecular complexity index is 2920. The van der Waals surface area contributed by atoms with Crippen molar-refractivity contribution < 1.29 is 0 Å². The van der Waals surface area contributed by atoms with E-state index in [9.17, 15) is 0 Å². The van der Waals surface area contributed by atoms with Crippen LogP contribution in [0, 0.1) is 0 Å². The van der Waals surface area contributed by atoms with Gasteiger partial charge in [0.2, 0.25) is 0 Å². The van der Waals surface area contributed by atoms with Gasteiger partial charge in [-0.2, -0.15) is 0 Å². The summed E-state index contributed by atoms with van der Waals surface area (Å²) < 4.78 is 0. The largest absolute Gasteiger partial charge is 0.311 e. The smallest absolute Gasteiger partial charge is 0.160 e. The summed E-state index contributed by atoms with van der Waals surface area (Å²) in [5.41, 5.74) is 15.2. The Hall–Kier alpha value is -7.42. The van der Waals surface area contributed by atoms with Gasteiger partial charge < -0.3 is 9.80 Å². The fraction of sp³-hybridized carbons (Fsp3) is 0.0357. The molecule has 3 aliphatic carbocycles. The summed E-state index contributed by atoms with van der Waals surface area (Å²) in [7, 11) is 0. The van der Waals surface area contributed by atoms with Gasteiger partial charge in [-0.3, -0.25) is 0 Å². The fourth-order valence-corrected chi connectivity index (χ4v) is 10.0. The van der Waals surface area contributed by atoms with E-state index < -0.39 is 5.66 Å². The first kappa shape index (κ1) is 32.8. The predicted molar refractivity (Wildman–Crippen MR) is 244 cm³/mol. The maximum Gasteiger partial charge on any atom is 0.160 e. The molecule has 0 saturated carbocycles. The van der Waals surface area contributed by atoms with Crippen LogP contribution in [-0.4, -0.2) is 5.66 Å². The van der Waals surface area contributed by atoms with Crippen LogP contribution in [0.3, 0.4) is 0 Å². The van der Waals surface area contributed by atoms with Gasteiger partial charge in [0.25, 0.3) is 0 Å². The number of fused-ring (bicyclic) bond motifs is 6. The monoisotopic (exact) mass is 738 g/mol. The summed E-state index contributed by atoms with van der Waals surface area (Å²) in [4.78, 5) is 5.08. The molecule has 0 atom stereocenters. The molecule has 58 heavy (non-hydrogen) atoms. The Labute approximate surface area is 338 Å². The molecular formula is C56H38N2. The zero-order chi connectivity index (χ0) is 38.2. The molecule has 0 radical (unpaired) electrons. The molecule has 0 saturated heterocycles. The minimum atomic E-state index is -0.814. The second kappa shape index (κ2) is 12.8. The maximum absolute atomic E-state index is 2.54.